The van der Waals surface area contributed by atoms with Crippen LogP contribution in [0.3, 0.4) is 0 Å². The van der Waals surface area contributed by atoms with Crippen LogP contribution in [0.25, 0.3) is 84.6 Å². The molecule has 0 saturated carbocycles. The fourth-order valence-corrected chi connectivity index (χ4v) is 6.24. The molecule has 45 heavy (non-hydrogen) atoms. The topological polar surface area (TPSA) is 43.9 Å². The molecular formula is C41H29N3O. The van der Waals surface area contributed by atoms with E-state index in [1.165, 1.54) is 0 Å². The van der Waals surface area contributed by atoms with Crippen LogP contribution in [0.15, 0.2) is 144 Å². The Kier molecular flexibility index (Phi) is 6.46. The molecule has 5 aromatic carbocycles. The van der Waals surface area contributed by atoms with E-state index in [2.05, 4.69) is 102 Å². The first-order valence-electron chi connectivity index (χ1n) is 15.1. The Morgan fingerprint density at radius 2 is 1.29 bits per heavy atom. The molecule has 4 heteroatoms. The summed E-state index contributed by atoms with van der Waals surface area (Å²) >= 11 is 0. The Morgan fingerprint density at radius 3 is 1.98 bits per heavy atom. The maximum Gasteiger partial charge on any atom is 0.160 e. The Hall–Kier alpha value is -6.00. The van der Waals surface area contributed by atoms with Crippen molar-refractivity contribution < 1.29 is 4.42 Å². The highest BCUT2D eigenvalue weighted by Gasteiger charge is 2.19. The molecule has 0 bridgehead atoms. The van der Waals surface area contributed by atoms with Crippen molar-refractivity contribution in [1.82, 2.24) is 14.5 Å². The van der Waals surface area contributed by atoms with Crippen LogP contribution in [0.2, 0.25) is 0 Å². The molecule has 0 aliphatic rings. The minimum atomic E-state index is 0.672. The maximum atomic E-state index is 6.28. The van der Waals surface area contributed by atoms with E-state index in [1.807, 2.05) is 61.5 Å². The van der Waals surface area contributed by atoms with Gasteiger partial charge in [0.05, 0.1) is 22.6 Å². The van der Waals surface area contributed by atoms with Crippen LogP contribution in [0.5, 0.6) is 0 Å². The van der Waals surface area contributed by atoms with E-state index in [0.29, 0.717) is 5.82 Å². The molecular weight excluding hydrogens is 550 g/mol. The number of allylic oxidation sites excluding steroid dienone is 1. The van der Waals surface area contributed by atoms with Crippen molar-refractivity contribution in [3.63, 3.8) is 0 Å². The van der Waals surface area contributed by atoms with Crippen LogP contribution < -0.4 is 0 Å². The first kappa shape index (κ1) is 26.6. The van der Waals surface area contributed by atoms with E-state index in [0.717, 1.165) is 77.9 Å². The number of hydrogen-bond donors (Lipinski definition) is 0. The summed E-state index contributed by atoms with van der Waals surface area (Å²) in [7, 11) is 0. The van der Waals surface area contributed by atoms with Gasteiger partial charge in [-0.3, -0.25) is 0 Å². The number of aromatic nitrogens is 3. The van der Waals surface area contributed by atoms with Gasteiger partial charge in [-0.1, -0.05) is 110 Å². The second kappa shape index (κ2) is 10.9. The zero-order chi connectivity index (χ0) is 30.3. The lowest BCUT2D eigenvalue weighted by atomic mass is 10.1. The van der Waals surface area contributed by atoms with Crippen molar-refractivity contribution in [3.8, 4) is 39.6 Å². The SMILES string of the molecule is C=Cc1c(/C=C\C)c2cc3oc4ccccc4c3cc2n1-c1cccc(-c2nc(-c3ccccc3)cc(-c3ccccc3)n2)c1. The molecule has 8 rings (SSSR count). The second-order valence-corrected chi connectivity index (χ2v) is 11.0. The highest BCUT2D eigenvalue weighted by atomic mass is 16.3. The van der Waals surface area contributed by atoms with E-state index in [4.69, 9.17) is 14.4 Å². The number of nitrogens with zero attached hydrogens (tertiary/aromatic N) is 3. The minimum absolute atomic E-state index is 0.672. The van der Waals surface area contributed by atoms with Gasteiger partial charge >= 0.3 is 0 Å². The summed E-state index contributed by atoms with van der Waals surface area (Å²) in [5.41, 5.74) is 10.8. The van der Waals surface area contributed by atoms with E-state index >= 15 is 0 Å². The van der Waals surface area contributed by atoms with Crippen LogP contribution in [0, 0.1) is 0 Å². The molecule has 0 fully saturated rings. The van der Waals surface area contributed by atoms with Crippen molar-refractivity contribution in [2.45, 2.75) is 6.92 Å². The van der Waals surface area contributed by atoms with Crippen molar-refractivity contribution in [2.75, 3.05) is 0 Å². The number of fused-ring (bicyclic) bond motifs is 4. The minimum Gasteiger partial charge on any atom is -0.456 e. The molecule has 8 aromatic rings. The van der Waals surface area contributed by atoms with Crippen LogP contribution in [0.4, 0.5) is 0 Å². The summed E-state index contributed by atoms with van der Waals surface area (Å²) in [4.78, 5) is 10.2. The molecule has 214 valence electrons. The lowest BCUT2D eigenvalue weighted by Crippen LogP contribution is -1.99. The summed E-state index contributed by atoms with van der Waals surface area (Å²) < 4.78 is 8.56. The van der Waals surface area contributed by atoms with Gasteiger partial charge in [-0.25, -0.2) is 9.97 Å². The van der Waals surface area contributed by atoms with E-state index in [-0.39, 0.29) is 0 Å². The average molecular weight is 580 g/mol. The lowest BCUT2D eigenvalue weighted by Gasteiger charge is -2.13. The molecule has 0 spiro atoms. The standard InChI is InChI=1S/C41H29N3O/c1-3-14-31-33-25-40-34(32-21-11-12-22-39(32)45-40)24-38(33)44(37(31)4-2)30-20-13-19-29(23-30)41-42-35(27-15-7-5-8-16-27)26-36(43-41)28-17-9-6-10-18-28/h3-26H,2H2,1H3/b14-3-. The Bertz CT molecular complexity index is 2340. The van der Waals surface area contributed by atoms with E-state index < -0.39 is 0 Å². The molecule has 0 saturated heterocycles. The summed E-state index contributed by atoms with van der Waals surface area (Å²) in [5, 5.41) is 3.29. The number of benzene rings is 5. The van der Waals surface area contributed by atoms with Crippen molar-refractivity contribution >= 4 is 45.0 Å². The first-order valence-corrected chi connectivity index (χ1v) is 15.1. The zero-order valence-electron chi connectivity index (χ0n) is 24.8. The Labute approximate surface area is 261 Å². The van der Waals surface area contributed by atoms with Crippen LogP contribution in [0.1, 0.15) is 18.2 Å². The summed E-state index contributed by atoms with van der Waals surface area (Å²) in [6.45, 7) is 6.27. The van der Waals surface area contributed by atoms with E-state index in [1.54, 1.807) is 0 Å². The van der Waals surface area contributed by atoms with E-state index in [9.17, 15) is 0 Å². The zero-order valence-corrected chi connectivity index (χ0v) is 24.8. The normalized spacial score (nSPS) is 11.7. The average Bonchev–Trinajstić information content (AvgIpc) is 3.62. The number of para-hydroxylation sites is 1. The molecule has 0 amide bonds. The van der Waals surface area contributed by atoms with Gasteiger partial charge in [0.1, 0.15) is 11.2 Å². The maximum absolute atomic E-state index is 6.28. The third kappa shape index (κ3) is 4.55. The third-order valence-corrected chi connectivity index (χ3v) is 8.30. The van der Waals surface area contributed by atoms with Crippen molar-refractivity contribution in [2.24, 2.45) is 0 Å². The Balaban J connectivity index is 1.36. The fourth-order valence-electron chi connectivity index (χ4n) is 6.24. The number of furan rings is 1. The van der Waals surface area contributed by atoms with Crippen molar-refractivity contribution in [3.05, 3.63) is 151 Å². The summed E-state index contributed by atoms with van der Waals surface area (Å²) in [5.74, 6) is 0.672. The van der Waals surface area contributed by atoms with Gasteiger partial charge in [0.2, 0.25) is 0 Å². The second-order valence-electron chi connectivity index (χ2n) is 11.0. The highest BCUT2D eigenvalue weighted by molar-refractivity contribution is 6.11. The smallest absolute Gasteiger partial charge is 0.160 e. The molecule has 0 radical (unpaired) electrons. The van der Waals surface area contributed by atoms with Gasteiger partial charge in [0.15, 0.2) is 5.82 Å². The lowest BCUT2D eigenvalue weighted by molar-refractivity contribution is 0.669. The summed E-state index contributed by atoms with van der Waals surface area (Å²) in [6, 6.07) is 43.7. The molecule has 3 aromatic heterocycles. The largest absolute Gasteiger partial charge is 0.456 e. The van der Waals surface area contributed by atoms with Gasteiger partial charge in [-0.2, -0.15) is 0 Å². The molecule has 0 N–H and O–H groups in total. The molecule has 0 aliphatic heterocycles. The van der Waals surface area contributed by atoms with Gasteiger partial charge in [0.25, 0.3) is 0 Å². The third-order valence-electron chi connectivity index (χ3n) is 8.30. The number of rotatable bonds is 6. The predicted octanol–water partition coefficient (Wildman–Crippen LogP) is 11.0. The van der Waals surface area contributed by atoms with Crippen LogP contribution in [-0.2, 0) is 0 Å². The van der Waals surface area contributed by atoms with Gasteiger partial charge < -0.3 is 8.98 Å². The molecule has 3 heterocycles. The van der Waals surface area contributed by atoms with Gasteiger partial charge in [-0.15, -0.1) is 0 Å². The van der Waals surface area contributed by atoms with Crippen LogP contribution in [-0.4, -0.2) is 14.5 Å². The van der Waals surface area contributed by atoms with Gasteiger partial charge in [0, 0.05) is 44.1 Å². The molecule has 0 atom stereocenters. The Morgan fingerprint density at radius 1 is 0.622 bits per heavy atom. The molecule has 0 aliphatic carbocycles. The van der Waals surface area contributed by atoms with Crippen LogP contribution >= 0.6 is 0 Å². The summed E-state index contributed by atoms with van der Waals surface area (Å²) in [6.07, 6.45) is 6.15. The molecule has 4 nitrogen and oxygen atoms in total. The first-order chi connectivity index (χ1) is 22.2. The van der Waals surface area contributed by atoms with Gasteiger partial charge in [-0.05, 0) is 49.4 Å². The molecule has 0 unspecified atom stereocenters. The fraction of sp³-hybridized carbons (Fsp3) is 0.0244. The quantitative estimate of drug-likeness (QED) is 0.197. The monoisotopic (exact) mass is 579 g/mol. The number of hydrogen-bond acceptors (Lipinski definition) is 3. The highest BCUT2D eigenvalue weighted by Crippen LogP contribution is 2.38. The van der Waals surface area contributed by atoms with Crippen molar-refractivity contribution in [1.29, 1.82) is 0 Å². The predicted molar refractivity (Wildman–Crippen MR) is 187 cm³/mol.